The lowest BCUT2D eigenvalue weighted by Crippen LogP contribution is -2.23. The molecule has 0 spiro atoms. The summed E-state index contributed by atoms with van der Waals surface area (Å²) < 4.78 is 6.04. The third kappa shape index (κ3) is 1.97. The van der Waals surface area contributed by atoms with Crippen LogP contribution in [0.25, 0.3) is 11.5 Å². The molecule has 0 fully saturated rings. The second kappa shape index (κ2) is 4.82. The van der Waals surface area contributed by atoms with Gasteiger partial charge in [-0.1, -0.05) is 12.1 Å². The van der Waals surface area contributed by atoms with Gasteiger partial charge in [-0.05, 0) is 24.3 Å². The van der Waals surface area contributed by atoms with Crippen LogP contribution in [0.4, 0.5) is 5.69 Å². The smallest absolute Gasteiger partial charge is 0.358 e. The monoisotopic (exact) mass is 284 g/mol. The molecule has 0 unspecified atom stereocenters. The van der Waals surface area contributed by atoms with E-state index in [4.69, 9.17) is 4.74 Å². The van der Waals surface area contributed by atoms with E-state index in [-0.39, 0.29) is 23.1 Å². The summed E-state index contributed by atoms with van der Waals surface area (Å²) in [5.41, 5.74) is 0.913. The van der Waals surface area contributed by atoms with E-state index < -0.39 is 5.97 Å². The van der Waals surface area contributed by atoms with Crippen LogP contribution in [0.3, 0.4) is 0 Å². The molecule has 6 nitrogen and oxygen atoms in total. The van der Waals surface area contributed by atoms with Crippen molar-refractivity contribution in [2.75, 3.05) is 12.4 Å². The summed E-state index contributed by atoms with van der Waals surface area (Å²) in [5, 5.41) is 13.2. The number of hydrogen-bond donors (Lipinski definition) is 2. The van der Waals surface area contributed by atoms with Crippen LogP contribution in [0, 0.1) is 0 Å². The fraction of sp³-hybridized carbons (Fsp3) is 0.0667. The number of carbonyl (C=O) groups is 2. The van der Waals surface area contributed by atoms with E-state index in [1.807, 2.05) is 0 Å². The third-order valence-electron chi connectivity index (χ3n) is 3.26. The lowest BCUT2D eigenvalue weighted by atomic mass is 10.1. The fourth-order valence-electron chi connectivity index (χ4n) is 2.28. The minimum atomic E-state index is -0.727. The van der Waals surface area contributed by atoms with Crippen molar-refractivity contribution in [3.8, 4) is 0 Å². The average molecular weight is 284 g/mol. The number of carbonyl (C=O) groups excluding carboxylic acids is 2. The van der Waals surface area contributed by atoms with Crippen LogP contribution in [-0.2, 0) is 9.53 Å². The summed E-state index contributed by atoms with van der Waals surface area (Å²) in [6.07, 6.45) is 1.52. The normalized spacial score (nSPS) is 17.1. The number of amides is 1. The van der Waals surface area contributed by atoms with Crippen LogP contribution < -0.4 is 5.32 Å². The molecule has 0 saturated heterocycles. The highest BCUT2D eigenvalue weighted by Gasteiger charge is 2.27. The van der Waals surface area contributed by atoms with E-state index in [1.165, 1.54) is 17.9 Å². The lowest BCUT2D eigenvalue weighted by molar-refractivity contribution is -0.134. The SMILES string of the molecule is COC(=O)/C1=C(\O)c2ccccc2NC(=O)c2cccn21. The number of ether oxygens (including phenoxy) is 1. The molecule has 0 radical (unpaired) electrons. The van der Waals surface area contributed by atoms with Crippen LogP contribution in [0.15, 0.2) is 42.6 Å². The van der Waals surface area contributed by atoms with Gasteiger partial charge in [-0.3, -0.25) is 4.79 Å². The highest BCUT2D eigenvalue weighted by atomic mass is 16.5. The van der Waals surface area contributed by atoms with Gasteiger partial charge < -0.3 is 19.7 Å². The van der Waals surface area contributed by atoms with Crippen LogP contribution in [-0.4, -0.2) is 28.7 Å². The van der Waals surface area contributed by atoms with Gasteiger partial charge in [0.05, 0.1) is 12.8 Å². The van der Waals surface area contributed by atoms with E-state index in [0.29, 0.717) is 11.3 Å². The summed E-state index contributed by atoms with van der Waals surface area (Å²) in [5.74, 6) is -1.36. The summed E-state index contributed by atoms with van der Waals surface area (Å²) in [6, 6.07) is 9.86. The molecule has 0 bridgehead atoms. The van der Waals surface area contributed by atoms with Crippen molar-refractivity contribution in [1.82, 2.24) is 4.57 Å². The number of para-hydroxylation sites is 1. The summed E-state index contributed by atoms with van der Waals surface area (Å²) in [4.78, 5) is 24.3. The van der Waals surface area contributed by atoms with Crippen LogP contribution in [0.5, 0.6) is 0 Å². The molecule has 1 aliphatic heterocycles. The first-order chi connectivity index (χ1) is 10.1. The molecule has 1 aliphatic rings. The number of methoxy groups -OCH3 is 1. The van der Waals surface area contributed by atoms with Crippen LogP contribution in [0.1, 0.15) is 16.1 Å². The maximum atomic E-state index is 12.3. The Labute approximate surface area is 120 Å². The summed E-state index contributed by atoms with van der Waals surface area (Å²) >= 11 is 0. The highest BCUT2D eigenvalue weighted by molar-refractivity contribution is 6.21. The van der Waals surface area contributed by atoms with Crippen molar-refractivity contribution >= 4 is 29.0 Å². The third-order valence-corrected chi connectivity index (χ3v) is 3.26. The molecule has 3 rings (SSSR count). The Morgan fingerprint density at radius 3 is 2.76 bits per heavy atom. The van der Waals surface area contributed by atoms with Gasteiger partial charge in [0.25, 0.3) is 5.91 Å². The van der Waals surface area contributed by atoms with E-state index in [2.05, 4.69) is 5.32 Å². The number of esters is 1. The number of rotatable bonds is 1. The minimum absolute atomic E-state index is 0.0974. The molecule has 0 saturated carbocycles. The van der Waals surface area contributed by atoms with Gasteiger partial charge in [-0.15, -0.1) is 0 Å². The summed E-state index contributed by atoms with van der Waals surface area (Å²) in [6.45, 7) is 0. The number of nitrogens with one attached hydrogen (secondary N) is 1. The Kier molecular flexibility index (Phi) is 2.98. The quantitative estimate of drug-likeness (QED) is 0.786. The van der Waals surface area contributed by atoms with Crippen molar-refractivity contribution in [3.63, 3.8) is 0 Å². The average Bonchev–Trinajstić information content (AvgIpc) is 2.95. The predicted octanol–water partition coefficient (Wildman–Crippen LogP) is 2.11. The van der Waals surface area contributed by atoms with E-state index in [0.717, 1.165) is 0 Å². The van der Waals surface area contributed by atoms with Gasteiger partial charge in [0.2, 0.25) is 0 Å². The van der Waals surface area contributed by atoms with Crippen LogP contribution in [0.2, 0.25) is 0 Å². The first-order valence-corrected chi connectivity index (χ1v) is 6.23. The molecule has 21 heavy (non-hydrogen) atoms. The molecule has 0 atom stereocenters. The molecule has 2 heterocycles. The molecule has 2 N–H and O–H groups in total. The summed E-state index contributed by atoms with van der Waals surface area (Å²) in [7, 11) is 1.22. The molecular formula is C15H12N2O4. The standard InChI is InChI=1S/C15H12N2O4/c1-21-15(20)12-13(18)9-5-2-3-6-10(9)16-14(19)11-7-4-8-17(11)12/h2-8,18H,1H3,(H,16,19)/b13-12+. The zero-order valence-corrected chi connectivity index (χ0v) is 11.2. The number of anilines is 1. The molecule has 6 heteroatoms. The molecule has 1 aromatic heterocycles. The number of nitrogens with zero attached hydrogens (tertiary/aromatic N) is 1. The number of benzene rings is 1. The number of aromatic nitrogens is 1. The Balaban J connectivity index is 2.36. The molecule has 1 amide bonds. The second-order valence-corrected chi connectivity index (χ2v) is 4.45. The lowest BCUT2D eigenvalue weighted by Gasteiger charge is -2.19. The van der Waals surface area contributed by atoms with E-state index in [9.17, 15) is 14.7 Å². The van der Waals surface area contributed by atoms with Gasteiger partial charge >= 0.3 is 5.97 Å². The maximum Gasteiger partial charge on any atom is 0.358 e. The number of aliphatic hydroxyl groups excluding tert-OH is 1. The van der Waals surface area contributed by atoms with E-state index in [1.54, 1.807) is 36.4 Å². The topological polar surface area (TPSA) is 80.6 Å². The number of fused-ring (bicyclic) bond motifs is 2. The predicted molar refractivity (Wildman–Crippen MR) is 76.6 cm³/mol. The first kappa shape index (κ1) is 13.0. The van der Waals surface area contributed by atoms with E-state index >= 15 is 0 Å². The Hall–Kier alpha value is -3.02. The molecule has 2 aromatic rings. The highest BCUT2D eigenvalue weighted by Crippen LogP contribution is 2.30. The molecular weight excluding hydrogens is 272 g/mol. The Morgan fingerprint density at radius 2 is 2.00 bits per heavy atom. The van der Waals surface area contributed by atoms with Gasteiger partial charge in [0, 0.05) is 11.8 Å². The van der Waals surface area contributed by atoms with Crippen molar-refractivity contribution in [2.45, 2.75) is 0 Å². The molecule has 106 valence electrons. The van der Waals surface area contributed by atoms with Gasteiger partial charge in [0.1, 0.15) is 5.69 Å². The van der Waals surface area contributed by atoms with Gasteiger partial charge in [-0.2, -0.15) is 0 Å². The van der Waals surface area contributed by atoms with Crippen molar-refractivity contribution in [1.29, 1.82) is 0 Å². The molecule has 0 aliphatic carbocycles. The minimum Gasteiger partial charge on any atom is -0.505 e. The number of hydrogen-bond acceptors (Lipinski definition) is 4. The largest absolute Gasteiger partial charge is 0.505 e. The zero-order chi connectivity index (χ0) is 15.0. The Morgan fingerprint density at radius 1 is 1.24 bits per heavy atom. The van der Waals surface area contributed by atoms with Crippen molar-refractivity contribution in [3.05, 3.63) is 53.9 Å². The fourth-order valence-corrected chi connectivity index (χ4v) is 2.28. The van der Waals surface area contributed by atoms with Crippen molar-refractivity contribution in [2.24, 2.45) is 0 Å². The van der Waals surface area contributed by atoms with Gasteiger partial charge in [-0.25, -0.2) is 4.79 Å². The maximum absolute atomic E-state index is 12.3. The first-order valence-electron chi connectivity index (χ1n) is 6.23. The van der Waals surface area contributed by atoms with Crippen LogP contribution >= 0.6 is 0 Å². The van der Waals surface area contributed by atoms with Crippen molar-refractivity contribution < 1.29 is 19.4 Å². The zero-order valence-electron chi connectivity index (χ0n) is 11.2. The number of aliphatic hydroxyl groups is 1. The second-order valence-electron chi connectivity index (χ2n) is 4.45. The molecule has 1 aromatic carbocycles. The Bertz CT molecular complexity index is 773. The van der Waals surface area contributed by atoms with Gasteiger partial charge in [0.15, 0.2) is 11.5 Å².